The minimum absolute atomic E-state index is 0.0631. The number of amides is 1. The van der Waals surface area contributed by atoms with Crippen LogP contribution in [0.4, 0.5) is 0 Å². The van der Waals surface area contributed by atoms with Crippen LogP contribution in [0.25, 0.3) is 0 Å². The summed E-state index contributed by atoms with van der Waals surface area (Å²) in [6, 6.07) is 0. The van der Waals surface area contributed by atoms with Crippen LogP contribution < -0.4 is 0 Å². The summed E-state index contributed by atoms with van der Waals surface area (Å²) in [7, 11) is 0. The lowest BCUT2D eigenvalue weighted by Crippen LogP contribution is -2.47. The Morgan fingerprint density at radius 2 is 1.72 bits per heavy atom. The van der Waals surface area contributed by atoms with Crippen LogP contribution in [0.1, 0.15) is 12.8 Å². The zero-order valence-corrected chi connectivity index (χ0v) is 10.5. The molecule has 2 fully saturated rings. The largest absolute Gasteiger partial charge is 0.480 e. The molecule has 1 N–H and O–H groups in total. The molecule has 0 aromatic carbocycles. The van der Waals surface area contributed by atoms with E-state index in [4.69, 9.17) is 9.84 Å². The van der Waals surface area contributed by atoms with E-state index in [1.165, 1.54) is 0 Å². The second kappa shape index (κ2) is 6.15. The fourth-order valence-corrected chi connectivity index (χ4v) is 2.57. The van der Waals surface area contributed by atoms with Crippen LogP contribution in [0, 0.1) is 5.92 Å². The van der Waals surface area contributed by atoms with Crippen molar-refractivity contribution in [1.82, 2.24) is 9.80 Å². The summed E-state index contributed by atoms with van der Waals surface area (Å²) in [6.07, 6.45) is 1.53. The standard InChI is InChI=1S/C12H20N2O4/c15-11(16)9-13-3-1-10(2-4-13)12(17)14-5-7-18-8-6-14/h10H,1-9H2,(H,15,16). The van der Waals surface area contributed by atoms with Gasteiger partial charge in [-0.05, 0) is 25.9 Å². The molecule has 2 heterocycles. The Kier molecular flexibility index (Phi) is 4.54. The molecule has 18 heavy (non-hydrogen) atoms. The normalized spacial score (nSPS) is 23.0. The van der Waals surface area contributed by atoms with Gasteiger partial charge in [-0.2, -0.15) is 0 Å². The van der Waals surface area contributed by atoms with Crippen molar-refractivity contribution < 1.29 is 19.4 Å². The first-order valence-corrected chi connectivity index (χ1v) is 6.47. The highest BCUT2D eigenvalue weighted by Crippen LogP contribution is 2.20. The fourth-order valence-electron chi connectivity index (χ4n) is 2.57. The first kappa shape index (κ1) is 13.3. The van der Waals surface area contributed by atoms with E-state index in [1.54, 1.807) is 0 Å². The highest BCUT2D eigenvalue weighted by Gasteiger charge is 2.29. The molecule has 6 nitrogen and oxygen atoms in total. The van der Waals surface area contributed by atoms with Crippen LogP contribution in [0.5, 0.6) is 0 Å². The molecule has 0 unspecified atom stereocenters. The summed E-state index contributed by atoms with van der Waals surface area (Å²) in [5, 5.41) is 8.71. The molecule has 2 aliphatic rings. The minimum atomic E-state index is -0.798. The van der Waals surface area contributed by atoms with E-state index >= 15 is 0 Å². The van der Waals surface area contributed by atoms with Gasteiger partial charge in [-0.1, -0.05) is 0 Å². The number of rotatable bonds is 3. The van der Waals surface area contributed by atoms with Crippen molar-refractivity contribution in [3.63, 3.8) is 0 Å². The maximum absolute atomic E-state index is 12.2. The molecule has 0 saturated carbocycles. The minimum Gasteiger partial charge on any atom is -0.480 e. The van der Waals surface area contributed by atoms with Gasteiger partial charge in [-0.15, -0.1) is 0 Å². The van der Waals surface area contributed by atoms with Crippen LogP contribution >= 0.6 is 0 Å². The summed E-state index contributed by atoms with van der Waals surface area (Å²) in [4.78, 5) is 26.6. The average molecular weight is 256 g/mol. The van der Waals surface area contributed by atoms with Gasteiger partial charge in [0, 0.05) is 19.0 Å². The number of carbonyl (C=O) groups excluding carboxylic acids is 1. The Balaban J connectivity index is 1.78. The van der Waals surface area contributed by atoms with E-state index in [0.29, 0.717) is 39.4 Å². The summed E-state index contributed by atoms with van der Waals surface area (Å²) < 4.78 is 5.23. The number of carbonyl (C=O) groups is 2. The van der Waals surface area contributed by atoms with E-state index in [0.717, 1.165) is 12.8 Å². The van der Waals surface area contributed by atoms with Crippen molar-refractivity contribution in [1.29, 1.82) is 0 Å². The predicted molar refractivity (Wildman–Crippen MR) is 64.2 cm³/mol. The summed E-state index contributed by atoms with van der Waals surface area (Å²) in [5.74, 6) is -0.519. The number of hydrogen-bond acceptors (Lipinski definition) is 4. The molecular weight excluding hydrogens is 236 g/mol. The maximum Gasteiger partial charge on any atom is 0.317 e. The van der Waals surface area contributed by atoms with Gasteiger partial charge in [-0.25, -0.2) is 0 Å². The van der Waals surface area contributed by atoms with E-state index in [1.807, 2.05) is 9.80 Å². The van der Waals surface area contributed by atoms with Gasteiger partial charge >= 0.3 is 5.97 Å². The quantitative estimate of drug-likeness (QED) is 0.747. The number of carboxylic acids is 1. The molecule has 102 valence electrons. The van der Waals surface area contributed by atoms with Crippen LogP contribution in [-0.2, 0) is 14.3 Å². The van der Waals surface area contributed by atoms with Crippen LogP contribution in [-0.4, -0.2) is 72.7 Å². The van der Waals surface area contributed by atoms with Crippen LogP contribution in [0.15, 0.2) is 0 Å². The maximum atomic E-state index is 12.2. The van der Waals surface area contributed by atoms with E-state index < -0.39 is 5.97 Å². The van der Waals surface area contributed by atoms with Gasteiger partial charge in [0.15, 0.2) is 0 Å². The molecule has 0 radical (unpaired) electrons. The molecule has 0 atom stereocenters. The number of ether oxygens (including phenoxy) is 1. The summed E-state index contributed by atoms with van der Waals surface area (Å²) in [6.45, 7) is 4.12. The molecule has 1 amide bonds. The number of hydrogen-bond donors (Lipinski definition) is 1. The lowest BCUT2D eigenvalue weighted by molar-refractivity contribution is -0.142. The number of piperidine rings is 1. The number of morpholine rings is 1. The van der Waals surface area contributed by atoms with Crippen molar-refractivity contribution >= 4 is 11.9 Å². The molecular formula is C12H20N2O4. The molecule has 0 aliphatic carbocycles. The molecule has 0 bridgehead atoms. The van der Waals surface area contributed by atoms with Crippen molar-refractivity contribution in [3.05, 3.63) is 0 Å². The van der Waals surface area contributed by atoms with Gasteiger partial charge < -0.3 is 14.7 Å². The Morgan fingerprint density at radius 3 is 2.28 bits per heavy atom. The van der Waals surface area contributed by atoms with Crippen molar-refractivity contribution in [2.24, 2.45) is 5.92 Å². The van der Waals surface area contributed by atoms with Crippen LogP contribution in [0.2, 0.25) is 0 Å². The molecule has 2 rings (SSSR count). The predicted octanol–water partition coefficient (Wildman–Crippen LogP) is -0.358. The van der Waals surface area contributed by atoms with Gasteiger partial charge in [0.25, 0.3) is 0 Å². The Labute approximate surface area is 106 Å². The summed E-state index contributed by atoms with van der Waals surface area (Å²) >= 11 is 0. The van der Waals surface area contributed by atoms with E-state index in [2.05, 4.69) is 0 Å². The van der Waals surface area contributed by atoms with Gasteiger partial charge in [0.2, 0.25) is 5.91 Å². The average Bonchev–Trinajstić information content (AvgIpc) is 2.39. The zero-order valence-electron chi connectivity index (χ0n) is 10.5. The molecule has 6 heteroatoms. The van der Waals surface area contributed by atoms with Crippen molar-refractivity contribution in [2.75, 3.05) is 45.9 Å². The number of aliphatic carboxylic acids is 1. The zero-order chi connectivity index (χ0) is 13.0. The first-order chi connectivity index (χ1) is 8.66. The molecule has 2 aliphatic heterocycles. The third kappa shape index (κ3) is 3.43. The van der Waals surface area contributed by atoms with Crippen LogP contribution in [0.3, 0.4) is 0 Å². The van der Waals surface area contributed by atoms with Crippen molar-refractivity contribution in [3.8, 4) is 0 Å². The lowest BCUT2D eigenvalue weighted by Gasteiger charge is -2.34. The SMILES string of the molecule is O=C(O)CN1CCC(C(=O)N2CCOCC2)CC1. The number of carboxylic acid groups (broad SMARTS) is 1. The highest BCUT2D eigenvalue weighted by atomic mass is 16.5. The topological polar surface area (TPSA) is 70.1 Å². The fraction of sp³-hybridized carbons (Fsp3) is 0.833. The van der Waals surface area contributed by atoms with Gasteiger partial charge in [-0.3, -0.25) is 14.5 Å². The third-order valence-electron chi connectivity index (χ3n) is 3.62. The highest BCUT2D eigenvalue weighted by molar-refractivity contribution is 5.79. The second-order valence-corrected chi connectivity index (χ2v) is 4.88. The third-order valence-corrected chi connectivity index (χ3v) is 3.62. The first-order valence-electron chi connectivity index (χ1n) is 6.47. The Morgan fingerprint density at radius 1 is 1.11 bits per heavy atom. The molecule has 0 spiro atoms. The molecule has 2 saturated heterocycles. The van der Waals surface area contributed by atoms with Gasteiger partial charge in [0.05, 0.1) is 19.8 Å². The number of likely N-dealkylation sites (tertiary alicyclic amines) is 1. The van der Waals surface area contributed by atoms with E-state index in [-0.39, 0.29) is 18.4 Å². The molecule has 0 aromatic rings. The second-order valence-electron chi connectivity index (χ2n) is 4.88. The van der Waals surface area contributed by atoms with E-state index in [9.17, 15) is 9.59 Å². The monoisotopic (exact) mass is 256 g/mol. The Hall–Kier alpha value is -1.14. The summed E-state index contributed by atoms with van der Waals surface area (Å²) in [5.41, 5.74) is 0. The van der Waals surface area contributed by atoms with Crippen molar-refractivity contribution in [2.45, 2.75) is 12.8 Å². The lowest BCUT2D eigenvalue weighted by atomic mass is 9.95. The Bertz CT molecular complexity index is 307. The smallest absolute Gasteiger partial charge is 0.317 e. The number of nitrogens with zero attached hydrogens (tertiary/aromatic N) is 2. The van der Waals surface area contributed by atoms with Gasteiger partial charge in [0.1, 0.15) is 0 Å². The molecule has 0 aromatic heterocycles.